The zero-order valence-electron chi connectivity index (χ0n) is 15.7. The summed E-state index contributed by atoms with van der Waals surface area (Å²) < 4.78 is 0.904. The SMILES string of the molecule is CCCCSc1nnc(N=Nc2ccc(N(CCC)CCC)cc2O)s1. The third-order valence-electron chi connectivity index (χ3n) is 3.67. The summed E-state index contributed by atoms with van der Waals surface area (Å²) in [6, 6.07) is 5.53. The molecular weight excluding hydrogens is 366 g/mol. The number of aromatic hydroxyl groups is 1. The standard InChI is InChI=1S/C18H27N5OS2/c1-4-7-12-25-18-22-21-17(26-18)20-19-15-9-8-14(13-16(15)24)23(10-5-2)11-6-3/h8-9,13,24H,4-7,10-12H2,1-3H3. The van der Waals surface area contributed by atoms with Gasteiger partial charge in [0.15, 0.2) is 4.34 Å². The molecule has 0 bridgehead atoms. The molecule has 6 nitrogen and oxygen atoms in total. The normalized spacial score (nSPS) is 11.3. The Morgan fingerprint density at radius 2 is 1.85 bits per heavy atom. The molecule has 0 radical (unpaired) electrons. The summed E-state index contributed by atoms with van der Waals surface area (Å²) in [5, 5.41) is 27.2. The molecule has 1 N–H and O–H groups in total. The van der Waals surface area contributed by atoms with E-state index in [4.69, 9.17) is 0 Å². The van der Waals surface area contributed by atoms with Crippen LogP contribution < -0.4 is 4.90 Å². The van der Waals surface area contributed by atoms with E-state index >= 15 is 0 Å². The van der Waals surface area contributed by atoms with Crippen LogP contribution in [0.1, 0.15) is 46.5 Å². The maximum Gasteiger partial charge on any atom is 0.252 e. The third-order valence-corrected chi connectivity index (χ3v) is 5.70. The number of rotatable bonds is 11. The molecule has 26 heavy (non-hydrogen) atoms. The first-order valence-corrected chi connectivity index (χ1v) is 10.9. The van der Waals surface area contributed by atoms with Crippen molar-refractivity contribution < 1.29 is 5.11 Å². The second-order valence-corrected chi connectivity index (χ2v) is 8.21. The largest absolute Gasteiger partial charge is 0.506 e. The number of azo groups is 1. The van der Waals surface area contributed by atoms with Crippen molar-refractivity contribution in [2.45, 2.75) is 50.8 Å². The van der Waals surface area contributed by atoms with E-state index < -0.39 is 0 Å². The van der Waals surface area contributed by atoms with Crippen LogP contribution in [0.3, 0.4) is 0 Å². The summed E-state index contributed by atoms with van der Waals surface area (Å²) in [4.78, 5) is 2.27. The first-order chi connectivity index (χ1) is 12.7. The number of aromatic nitrogens is 2. The Hall–Kier alpha value is -1.67. The average molecular weight is 394 g/mol. The molecule has 0 spiro atoms. The minimum atomic E-state index is 0.130. The van der Waals surface area contributed by atoms with E-state index in [1.165, 1.54) is 17.8 Å². The zero-order valence-corrected chi connectivity index (χ0v) is 17.3. The molecule has 2 rings (SSSR count). The third kappa shape index (κ3) is 6.25. The van der Waals surface area contributed by atoms with Gasteiger partial charge in [-0.1, -0.05) is 50.3 Å². The molecule has 0 aliphatic heterocycles. The second kappa shape index (κ2) is 11.1. The maximum atomic E-state index is 10.3. The van der Waals surface area contributed by atoms with Crippen molar-refractivity contribution in [3.05, 3.63) is 18.2 Å². The lowest BCUT2D eigenvalue weighted by Gasteiger charge is -2.24. The van der Waals surface area contributed by atoms with Gasteiger partial charge in [0.1, 0.15) is 11.4 Å². The van der Waals surface area contributed by atoms with Gasteiger partial charge in [0.25, 0.3) is 5.13 Å². The number of unbranched alkanes of at least 4 members (excludes halogenated alkanes) is 1. The fourth-order valence-electron chi connectivity index (χ4n) is 2.40. The Morgan fingerprint density at radius 1 is 1.08 bits per heavy atom. The lowest BCUT2D eigenvalue weighted by molar-refractivity contribution is 0.476. The monoisotopic (exact) mass is 393 g/mol. The van der Waals surface area contributed by atoms with Crippen LogP contribution in [0.15, 0.2) is 32.8 Å². The average Bonchev–Trinajstić information content (AvgIpc) is 3.08. The van der Waals surface area contributed by atoms with Crippen molar-refractivity contribution >= 4 is 39.6 Å². The Balaban J connectivity index is 2.04. The van der Waals surface area contributed by atoms with E-state index in [2.05, 4.69) is 46.1 Å². The van der Waals surface area contributed by atoms with Gasteiger partial charge in [-0.25, -0.2) is 0 Å². The number of phenols is 1. The fraction of sp³-hybridized carbons (Fsp3) is 0.556. The molecular formula is C18H27N5OS2. The van der Waals surface area contributed by atoms with Gasteiger partial charge >= 0.3 is 0 Å². The first kappa shape index (κ1) is 20.6. The Morgan fingerprint density at radius 3 is 2.50 bits per heavy atom. The predicted octanol–water partition coefficient (Wildman–Crippen LogP) is 6.18. The molecule has 0 saturated heterocycles. The number of benzene rings is 1. The number of nitrogens with zero attached hydrogens (tertiary/aromatic N) is 5. The van der Waals surface area contributed by atoms with Crippen LogP contribution in [0.5, 0.6) is 5.75 Å². The summed E-state index contributed by atoms with van der Waals surface area (Å²) >= 11 is 3.11. The van der Waals surface area contributed by atoms with Crippen LogP contribution in [-0.4, -0.2) is 34.1 Å². The summed E-state index contributed by atoms with van der Waals surface area (Å²) in [7, 11) is 0. The Bertz CT molecular complexity index is 699. The van der Waals surface area contributed by atoms with Gasteiger partial charge < -0.3 is 10.0 Å². The lowest BCUT2D eigenvalue weighted by Crippen LogP contribution is -2.24. The van der Waals surface area contributed by atoms with E-state index in [-0.39, 0.29) is 5.75 Å². The Labute approximate surface area is 163 Å². The molecule has 0 aliphatic rings. The minimum Gasteiger partial charge on any atom is -0.506 e. The van der Waals surface area contributed by atoms with Crippen molar-refractivity contribution in [2.75, 3.05) is 23.7 Å². The van der Waals surface area contributed by atoms with Crippen LogP contribution in [0.25, 0.3) is 0 Å². The van der Waals surface area contributed by atoms with E-state index in [0.717, 1.165) is 48.1 Å². The van der Waals surface area contributed by atoms with Crippen LogP contribution in [0.4, 0.5) is 16.5 Å². The molecule has 0 aliphatic carbocycles. The number of hydrogen-bond donors (Lipinski definition) is 1. The first-order valence-electron chi connectivity index (χ1n) is 9.13. The number of anilines is 1. The van der Waals surface area contributed by atoms with E-state index in [1.54, 1.807) is 23.9 Å². The van der Waals surface area contributed by atoms with E-state index in [9.17, 15) is 5.11 Å². The van der Waals surface area contributed by atoms with Crippen molar-refractivity contribution in [2.24, 2.45) is 10.2 Å². The van der Waals surface area contributed by atoms with Crippen molar-refractivity contribution in [1.82, 2.24) is 10.2 Å². The van der Waals surface area contributed by atoms with E-state index in [0.29, 0.717) is 10.8 Å². The molecule has 0 amide bonds. The minimum absolute atomic E-state index is 0.130. The quantitative estimate of drug-likeness (QED) is 0.280. The maximum absolute atomic E-state index is 10.3. The topological polar surface area (TPSA) is 74.0 Å². The molecule has 0 atom stereocenters. The molecule has 0 fully saturated rings. The van der Waals surface area contributed by atoms with Crippen LogP contribution >= 0.6 is 23.1 Å². The summed E-state index contributed by atoms with van der Waals surface area (Å²) in [5.74, 6) is 1.17. The molecule has 142 valence electrons. The highest BCUT2D eigenvalue weighted by molar-refractivity contribution is 8.01. The highest BCUT2D eigenvalue weighted by atomic mass is 32.2. The molecule has 1 aromatic carbocycles. The molecule has 2 aromatic rings. The summed E-state index contributed by atoms with van der Waals surface area (Å²) in [6.07, 6.45) is 4.46. The van der Waals surface area contributed by atoms with Crippen LogP contribution in [0, 0.1) is 0 Å². The molecule has 1 heterocycles. The van der Waals surface area contributed by atoms with Crippen LogP contribution in [0.2, 0.25) is 0 Å². The fourth-order valence-corrected chi connectivity index (χ4v) is 4.22. The van der Waals surface area contributed by atoms with Gasteiger partial charge in [0, 0.05) is 30.6 Å². The van der Waals surface area contributed by atoms with Gasteiger partial charge in [0.05, 0.1) is 0 Å². The van der Waals surface area contributed by atoms with Gasteiger partial charge in [-0.2, -0.15) is 0 Å². The highest BCUT2D eigenvalue weighted by Gasteiger charge is 2.09. The van der Waals surface area contributed by atoms with Gasteiger partial charge in [-0.15, -0.1) is 20.4 Å². The van der Waals surface area contributed by atoms with Gasteiger partial charge in [0.2, 0.25) is 0 Å². The van der Waals surface area contributed by atoms with Gasteiger partial charge in [-0.3, -0.25) is 0 Å². The molecule has 8 heteroatoms. The van der Waals surface area contributed by atoms with Crippen molar-refractivity contribution in [3.8, 4) is 5.75 Å². The van der Waals surface area contributed by atoms with Crippen molar-refractivity contribution in [3.63, 3.8) is 0 Å². The Kier molecular flexibility index (Phi) is 8.84. The lowest BCUT2D eigenvalue weighted by atomic mass is 10.2. The van der Waals surface area contributed by atoms with Crippen LogP contribution in [-0.2, 0) is 0 Å². The zero-order chi connectivity index (χ0) is 18.8. The second-order valence-electron chi connectivity index (χ2n) is 5.91. The smallest absolute Gasteiger partial charge is 0.252 e. The highest BCUT2D eigenvalue weighted by Crippen LogP contribution is 2.34. The molecule has 0 unspecified atom stereocenters. The number of phenolic OH excluding ortho intramolecular Hbond substituents is 1. The molecule has 0 saturated carbocycles. The van der Waals surface area contributed by atoms with Crippen molar-refractivity contribution in [1.29, 1.82) is 0 Å². The number of thioether (sulfide) groups is 1. The predicted molar refractivity (Wildman–Crippen MR) is 111 cm³/mol. The van der Waals surface area contributed by atoms with E-state index in [1.807, 2.05) is 6.07 Å². The summed E-state index contributed by atoms with van der Waals surface area (Å²) in [6.45, 7) is 8.42. The molecule has 1 aromatic heterocycles. The number of hydrogen-bond acceptors (Lipinski definition) is 8. The summed E-state index contributed by atoms with van der Waals surface area (Å²) in [5.41, 5.74) is 1.45. The van der Waals surface area contributed by atoms with Gasteiger partial charge in [-0.05, 0) is 31.4 Å².